The van der Waals surface area contributed by atoms with Crippen LogP contribution in [0, 0.1) is 17.3 Å². The second-order valence-electron chi connectivity index (χ2n) is 15.1. The molecule has 1 saturated carbocycles. The summed E-state index contributed by atoms with van der Waals surface area (Å²) >= 11 is 0. The Balaban J connectivity index is 1.29. The molecule has 1 heterocycles. The molecule has 2 aliphatic rings. The molecule has 10 nitrogen and oxygen atoms in total. The van der Waals surface area contributed by atoms with Gasteiger partial charge in [-0.15, -0.1) is 0 Å². The van der Waals surface area contributed by atoms with E-state index in [1.165, 1.54) is 13.2 Å². The molecule has 2 unspecified atom stereocenters. The fourth-order valence-corrected chi connectivity index (χ4v) is 8.05. The first kappa shape index (κ1) is 38.4. The van der Waals surface area contributed by atoms with Gasteiger partial charge in [0.1, 0.15) is 17.4 Å². The number of rotatable bonds is 16. The van der Waals surface area contributed by atoms with Crippen LogP contribution < -0.4 is 20.1 Å². The SMILES string of the molecule is COc1cc(CCC(O)C(C(=O)CCc2cc(O)c(O)c(OCC(C)C)c2)C2(C3=CCNC(Nc4ccc5cc(O)ccc5c4)=C3)CCCC2)ccc1O. The molecule has 2 atom stereocenters. The number of anilines is 1. The molecule has 1 aliphatic heterocycles. The van der Waals surface area contributed by atoms with Crippen LogP contribution in [0.1, 0.15) is 63.5 Å². The lowest BCUT2D eigenvalue weighted by molar-refractivity contribution is -0.131. The Kier molecular flexibility index (Phi) is 11.9. The Morgan fingerprint density at radius 1 is 0.870 bits per heavy atom. The normalized spacial score (nSPS) is 16.3. The summed E-state index contributed by atoms with van der Waals surface area (Å²) in [5, 5.41) is 62.0. The number of dihydropyridines is 1. The third-order valence-electron chi connectivity index (χ3n) is 10.7. The average Bonchev–Trinajstić information content (AvgIpc) is 3.65. The maximum atomic E-state index is 14.7. The van der Waals surface area contributed by atoms with Crippen LogP contribution in [0.15, 0.2) is 90.3 Å². The Morgan fingerprint density at radius 2 is 1.61 bits per heavy atom. The average molecular weight is 737 g/mol. The summed E-state index contributed by atoms with van der Waals surface area (Å²) in [5.41, 5.74) is 2.81. The van der Waals surface area contributed by atoms with Crippen molar-refractivity contribution < 1.29 is 39.8 Å². The zero-order valence-corrected chi connectivity index (χ0v) is 31.3. The minimum atomic E-state index is -0.967. The van der Waals surface area contributed by atoms with Crippen molar-refractivity contribution in [3.8, 4) is 34.5 Å². The number of phenolic OH excluding ortho intramolecular Hbond substituents is 4. The number of hydrogen-bond acceptors (Lipinski definition) is 10. The number of benzene rings is 4. The van der Waals surface area contributed by atoms with Gasteiger partial charge in [-0.05, 0) is 120 Å². The topological polar surface area (TPSA) is 161 Å². The Hall–Kier alpha value is -5.35. The van der Waals surface area contributed by atoms with Crippen LogP contribution in [-0.2, 0) is 17.6 Å². The largest absolute Gasteiger partial charge is 0.508 e. The van der Waals surface area contributed by atoms with Crippen molar-refractivity contribution in [1.29, 1.82) is 0 Å². The number of aromatic hydroxyl groups is 4. The number of phenols is 4. The molecule has 4 aromatic rings. The number of hydrogen-bond donors (Lipinski definition) is 7. The zero-order chi connectivity index (χ0) is 38.4. The maximum Gasteiger partial charge on any atom is 0.200 e. The molecular formula is C44H52N2O8. The monoisotopic (exact) mass is 736 g/mol. The Labute approximate surface area is 316 Å². The molecular weight excluding hydrogens is 684 g/mol. The number of methoxy groups -OCH3 is 1. The molecule has 10 heteroatoms. The van der Waals surface area contributed by atoms with Crippen molar-refractivity contribution in [2.24, 2.45) is 17.3 Å². The van der Waals surface area contributed by atoms with Gasteiger partial charge in [-0.2, -0.15) is 0 Å². The molecule has 286 valence electrons. The molecule has 1 aliphatic carbocycles. The number of aryl methyl sites for hydroxylation is 2. The molecule has 4 aromatic carbocycles. The highest BCUT2D eigenvalue weighted by Crippen LogP contribution is 2.53. The number of aliphatic hydroxyl groups is 1. The van der Waals surface area contributed by atoms with Crippen molar-refractivity contribution >= 4 is 22.2 Å². The molecule has 7 N–H and O–H groups in total. The summed E-state index contributed by atoms with van der Waals surface area (Å²) in [6.07, 6.45) is 7.80. The van der Waals surface area contributed by atoms with Crippen molar-refractivity contribution in [1.82, 2.24) is 5.32 Å². The molecule has 0 radical (unpaired) electrons. The minimum absolute atomic E-state index is 0.0369. The van der Waals surface area contributed by atoms with E-state index in [0.717, 1.165) is 59.1 Å². The Morgan fingerprint density at radius 3 is 2.37 bits per heavy atom. The molecule has 0 saturated heterocycles. The van der Waals surface area contributed by atoms with E-state index >= 15 is 0 Å². The predicted octanol–water partition coefficient (Wildman–Crippen LogP) is 7.86. The molecule has 0 bridgehead atoms. The number of ether oxygens (including phenoxy) is 2. The van der Waals surface area contributed by atoms with Gasteiger partial charge in [-0.25, -0.2) is 0 Å². The van der Waals surface area contributed by atoms with Crippen LogP contribution >= 0.6 is 0 Å². The number of carbonyl (C=O) groups is 1. The lowest BCUT2D eigenvalue weighted by Crippen LogP contribution is -2.44. The van der Waals surface area contributed by atoms with E-state index < -0.39 is 17.4 Å². The minimum Gasteiger partial charge on any atom is -0.508 e. The second kappa shape index (κ2) is 16.8. The van der Waals surface area contributed by atoms with Gasteiger partial charge in [0.25, 0.3) is 0 Å². The highest BCUT2D eigenvalue weighted by Gasteiger charge is 2.49. The van der Waals surface area contributed by atoms with Gasteiger partial charge in [0.15, 0.2) is 23.0 Å². The molecule has 6 rings (SSSR count). The van der Waals surface area contributed by atoms with E-state index in [-0.39, 0.29) is 46.9 Å². The van der Waals surface area contributed by atoms with E-state index in [9.17, 15) is 30.3 Å². The van der Waals surface area contributed by atoms with Crippen LogP contribution in [0.2, 0.25) is 0 Å². The van der Waals surface area contributed by atoms with Crippen molar-refractivity contribution in [3.05, 3.63) is 101 Å². The Bertz CT molecular complexity index is 2030. The lowest BCUT2D eigenvalue weighted by atomic mass is 9.63. The van der Waals surface area contributed by atoms with Gasteiger partial charge in [0, 0.05) is 24.1 Å². The molecule has 1 fully saturated rings. The standard InChI is InChI=1S/C44H52N2O8/c1-27(2)26-54-40-22-29(20-38(51)43(40)52)8-15-37(50)42(36(49)14-7-28-6-13-35(48)39(21-28)53-3)44(17-4-5-18-44)32-16-19-45-41(25-32)46-33-11-9-31-24-34(47)12-10-30(31)23-33/h6,9-13,16,20-25,27,36,42,45-49,51-52H,4-5,7-8,14-15,17-19,26H2,1-3H3. The van der Waals surface area contributed by atoms with Crippen LogP contribution in [0.3, 0.4) is 0 Å². The number of aliphatic hydroxyl groups excluding tert-OH is 1. The highest BCUT2D eigenvalue weighted by molar-refractivity contribution is 5.87. The zero-order valence-electron chi connectivity index (χ0n) is 31.3. The van der Waals surface area contributed by atoms with E-state index in [2.05, 4.69) is 22.8 Å². The van der Waals surface area contributed by atoms with Gasteiger partial charge >= 0.3 is 0 Å². The summed E-state index contributed by atoms with van der Waals surface area (Å²) < 4.78 is 11.1. The first-order valence-corrected chi connectivity index (χ1v) is 18.9. The number of allylic oxidation sites excluding steroid dienone is 2. The van der Waals surface area contributed by atoms with Crippen LogP contribution in [0.25, 0.3) is 10.8 Å². The second-order valence-corrected chi connectivity index (χ2v) is 15.1. The lowest BCUT2D eigenvalue weighted by Gasteiger charge is -2.42. The van der Waals surface area contributed by atoms with Gasteiger partial charge < -0.3 is 45.6 Å². The molecule has 0 spiro atoms. The fourth-order valence-electron chi connectivity index (χ4n) is 8.05. The van der Waals surface area contributed by atoms with Crippen molar-refractivity contribution in [2.75, 3.05) is 25.6 Å². The van der Waals surface area contributed by atoms with Gasteiger partial charge in [-0.3, -0.25) is 4.79 Å². The van der Waals surface area contributed by atoms with E-state index in [1.807, 2.05) is 38.1 Å². The number of Topliss-reactive ketones (excluding diaryl/α,β-unsaturated/α-hetero) is 1. The highest BCUT2D eigenvalue weighted by atomic mass is 16.5. The third-order valence-corrected chi connectivity index (χ3v) is 10.7. The number of fused-ring (bicyclic) bond motifs is 1. The first-order chi connectivity index (χ1) is 25.9. The van der Waals surface area contributed by atoms with E-state index in [1.54, 1.807) is 36.4 Å². The van der Waals surface area contributed by atoms with Gasteiger partial charge in [0.05, 0.1) is 25.7 Å². The summed E-state index contributed by atoms with van der Waals surface area (Å²) in [4.78, 5) is 14.7. The summed E-state index contributed by atoms with van der Waals surface area (Å²) in [7, 11) is 1.49. The van der Waals surface area contributed by atoms with Crippen LogP contribution in [0.5, 0.6) is 34.5 Å². The summed E-state index contributed by atoms with van der Waals surface area (Å²) in [5.74, 6) is 0.375. The number of ketones is 1. The summed E-state index contributed by atoms with van der Waals surface area (Å²) in [6.45, 7) is 4.89. The van der Waals surface area contributed by atoms with Gasteiger partial charge in [0.2, 0.25) is 5.75 Å². The quantitative estimate of drug-likeness (QED) is 0.0565. The molecule has 54 heavy (non-hydrogen) atoms. The van der Waals surface area contributed by atoms with Crippen LogP contribution in [-0.4, -0.2) is 57.7 Å². The fraction of sp³-hybridized carbons (Fsp3) is 0.386. The molecule has 0 aromatic heterocycles. The number of carbonyl (C=O) groups excluding carboxylic acids is 1. The molecule has 0 amide bonds. The maximum absolute atomic E-state index is 14.7. The first-order valence-electron chi connectivity index (χ1n) is 18.9. The predicted molar refractivity (Wildman–Crippen MR) is 210 cm³/mol. The third kappa shape index (κ3) is 8.71. The smallest absolute Gasteiger partial charge is 0.200 e. The van der Waals surface area contributed by atoms with Crippen molar-refractivity contribution in [2.45, 2.75) is 71.3 Å². The van der Waals surface area contributed by atoms with E-state index in [0.29, 0.717) is 43.7 Å². The van der Waals surface area contributed by atoms with E-state index in [4.69, 9.17) is 9.47 Å². The van der Waals surface area contributed by atoms with Crippen molar-refractivity contribution in [3.63, 3.8) is 0 Å². The summed E-state index contributed by atoms with van der Waals surface area (Å²) in [6, 6.07) is 19.5. The van der Waals surface area contributed by atoms with Crippen LogP contribution in [0.4, 0.5) is 5.69 Å². The van der Waals surface area contributed by atoms with Gasteiger partial charge in [-0.1, -0.05) is 51.0 Å². The number of nitrogens with one attached hydrogen (secondary N) is 2.